The van der Waals surface area contributed by atoms with Crippen molar-refractivity contribution in [1.29, 1.82) is 0 Å². The molecular weight excluding hydrogens is 270 g/mol. The van der Waals surface area contributed by atoms with Crippen LogP contribution in [0.2, 0.25) is 0 Å². The summed E-state index contributed by atoms with van der Waals surface area (Å²) in [5.41, 5.74) is 5.93. The molecular formula is C15H17N3O3. The van der Waals surface area contributed by atoms with Gasteiger partial charge in [0.05, 0.1) is 0 Å². The highest BCUT2D eigenvalue weighted by molar-refractivity contribution is 5.40. The number of nitrogens with two attached hydrogens (primary N) is 1. The van der Waals surface area contributed by atoms with E-state index in [2.05, 4.69) is 10.1 Å². The van der Waals surface area contributed by atoms with Crippen LogP contribution >= 0.6 is 0 Å². The van der Waals surface area contributed by atoms with Crippen LogP contribution in [0.4, 0.5) is 0 Å². The van der Waals surface area contributed by atoms with Gasteiger partial charge in [-0.25, -0.2) is 0 Å². The second-order valence-electron chi connectivity index (χ2n) is 5.63. The van der Waals surface area contributed by atoms with Crippen molar-refractivity contribution in [2.75, 3.05) is 6.61 Å². The molecule has 1 aromatic heterocycles. The van der Waals surface area contributed by atoms with E-state index in [-0.39, 0.29) is 18.1 Å². The molecule has 0 amide bonds. The van der Waals surface area contributed by atoms with Crippen LogP contribution in [0.25, 0.3) is 0 Å². The lowest BCUT2D eigenvalue weighted by Gasteiger charge is -2.24. The van der Waals surface area contributed by atoms with Crippen LogP contribution in [-0.2, 0) is 0 Å². The number of rotatable bonds is 2. The Morgan fingerprint density at radius 2 is 2.00 bits per heavy atom. The lowest BCUT2D eigenvalue weighted by molar-refractivity contribution is 0.0832. The molecule has 2 aromatic rings. The Morgan fingerprint density at radius 1 is 1.14 bits per heavy atom. The quantitative estimate of drug-likeness (QED) is 0.911. The highest BCUT2D eigenvalue weighted by Gasteiger charge is 2.31. The molecule has 1 unspecified atom stereocenters. The fraction of sp³-hybridized carbons (Fsp3) is 0.467. The minimum Gasteiger partial charge on any atom is -0.485 e. The number of hydrogen-bond acceptors (Lipinski definition) is 6. The van der Waals surface area contributed by atoms with Crippen molar-refractivity contribution in [3.8, 4) is 11.5 Å². The van der Waals surface area contributed by atoms with Gasteiger partial charge in [-0.15, -0.1) is 0 Å². The van der Waals surface area contributed by atoms with Crippen LogP contribution in [0, 0.1) is 0 Å². The number of hydrogen-bond donors (Lipinski definition) is 1. The molecule has 0 spiro atoms. The summed E-state index contributed by atoms with van der Waals surface area (Å²) in [7, 11) is 0. The normalized spacial score (nSPS) is 27.8. The van der Waals surface area contributed by atoms with Gasteiger partial charge < -0.3 is 19.7 Å². The molecule has 6 heteroatoms. The largest absolute Gasteiger partial charge is 0.485 e. The first-order chi connectivity index (χ1) is 10.3. The maximum absolute atomic E-state index is 5.93. The van der Waals surface area contributed by atoms with Crippen LogP contribution in [0.5, 0.6) is 11.5 Å². The molecule has 1 aromatic carbocycles. The third-order valence-corrected chi connectivity index (χ3v) is 4.08. The van der Waals surface area contributed by atoms with Crippen LogP contribution in [0.3, 0.4) is 0 Å². The Balaban J connectivity index is 1.52. The fourth-order valence-electron chi connectivity index (χ4n) is 2.93. The summed E-state index contributed by atoms with van der Waals surface area (Å²) in [6.45, 7) is 0.389. The third-order valence-electron chi connectivity index (χ3n) is 4.08. The number of fused-ring (bicyclic) bond motifs is 1. The second kappa shape index (κ2) is 5.04. The summed E-state index contributed by atoms with van der Waals surface area (Å²) in [4.78, 5) is 4.48. The van der Waals surface area contributed by atoms with Gasteiger partial charge in [-0.05, 0) is 31.4 Å². The highest BCUT2D eigenvalue weighted by Crippen LogP contribution is 2.36. The molecule has 1 saturated carbocycles. The molecule has 110 valence electrons. The molecule has 2 aliphatic rings. The number of para-hydroxylation sites is 2. The van der Waals surface area contributed by atoms with Crippen LogP contribution in [0.15, 0.2) is 28.8 Å². The predicted octanol–water partition coefficient (Wildman–Crippen LogP) is 2.18. The van der Waals surface area contributed by atoms with Crippen LogP contribution < -0.4 is 15.2 Å². The van der Waals surface area contributed by atoms with Crippen LogP contribution in [0.1, 0.15) is 43.0 Å². The minimum absolute atomic E-state index is 0.242. The van der Waals surface area contributed by atoms with Crippen LogP contribution in [-0.4, -0.2) is 22.8 Å². The van der Waals surface area contributed by atoms with Gasteiger partial charge in [-0.2, -0.15) is 4.98 Å². The summed E-state index contributed by atoms with van der Waals surface area (Å²) < 4.78 is 16.9. The summed E-state index contributed by atoms with van der Waals surface area (Å²) >= 11 is 0. The monoisotopic (exact) mass is 287 g/mol. The van der Waals surface area contributed by atoms with Gasteiger partial charge in [-0.1, -0.05) is 17.3 Å². The number of ether oxygens (including phenoxy) is 2. The number of benzene rings is 1. The van der Waals surface area contributed by atoms with Gasteiger partial charge >= 0.3 is 0 Å². The van der Waals surface area contributed by atoms with E-state index >= 15 is 0 Å². The summed E-state index contributed by atoms with van der Waals surface area (Å²) in [6, 6.07) is 7.82. The van der Waals surface area contributed by atoms with E-state index in [4.69, 9.17) is 19.7 Å². The van der Waals surface area contributed by atoms with Crippen molar-refractivity contribution in [3.05, 3.63) is 36.0 Å². The van der Waals surface area contributed by atoms with E-state index in [0.29, 0.717) is 24.1 Å². The van der Waals surface area contributed by atoms with Gasteiger partial charge in [0.1, 0.15) is 6.61 Å². The molecule has 2 N–H and O–H groups in total. The van der Waals surface area contributed by atoms with E-state index in [0.717, 1.165) is 25.0 Å². The smallest absolute Gasteiger partial charge is 0.229 e. The topological polar surface area (TPSA) is 83.4 Å². The third kappa shape index (κ3) is 2.35. The molecule has 4 rings (SSSR count). The Hall–Kier alpha value is -2.08. The SMILES string of the molecule is N[C@H]1CC[C@@H](c2nc(C3COc4ccccc4O3)no2)C1. The molecule has 1 aliphatic carbocycles. The standard InChI is InChI=1S/C15H17N3O3/c16-10-6-5-9(7-10)15-17-14(18-21-15)13-8-19-11-3-1-2-4-12(11)20-13/h1-4,9-10,13H,5-8,16H2/t9-,10+,13?/m1/s1. The second-order valence-corrected chi connectivity index (χ2v) is 5.63. The van der Waals surface area contributed by atoms with Crippen molar-refractivity contribution in [2.24, 2.45) is 5.73 Å². The first kappa shape index (κ1) is 12.6. The molecule has 3 atom stereocenters. The summed E-state index contributed by atoms with van der Waals surface area (Å²) in [5.74, 6) is 2.95. The van der Waals surface area contributed by atoms with Crippen molar-refractivity contribution >= 4 is 0 Å². The van der Waals surface area contributed by atoms with Crippen molar-refractivity contribution in [2.45, 2.75) is 37.3 Å². The van der Waals surface area contributed by atoms with Crippen molar-refractivity contribution in [1.82, 2.24) is 10.1 Å². The van der Waals surface area contributed by atoms with E-state index in [1.54, 1.807) is 0 Å². The summed E-state index contributed by atoms with van der Waals surface area (Å²) in [6.07, 6.45) is 2.60. The minimum atomic E-state index is -0.326. The molecule has 0 saturated heterocycles. The van der Waals surface area contributed by atoms with Crippen molar-refractivity contribution in [3.63, 3.8) is 0 Å². The Labute approximate surface area is 122 Å². The van der Waals surface area contributed by atoms with E-state index in [1.807, 2.05) is 24.3 Å². The average molecular weight is 287 g/mol. The maximum atomic E-state index is 5.93. The maximum Gasteiger partial charge on any atom is 0.229 e. The molecule has 0 bridgehead atoms. The molecule has 1 fully saturated rings. The fourth-order valence-corrected chi connectivity index (χ4v) is 2.93. The number of aromatic nitrogens is 2. The first-order valence-corrected chi connectivity index (χ1v) is 7.27. The molecule has 1 aliphatic heterocycles. The highest BCUT2D eigenvalue weighted by atomic mass is 16.6. The van der Waals surface area contributed by atoms with E-state index < -0.39 is 0 Å². The number of nitrogens with zero attached hydrogens (tertiary/aromatic N) is 2. The first-order valence-electron chi connectivity index (χ1n) is 7.27. The lowest BCUT2D eigenvalue weighted by atomic mass is 10.1. The predicted molar refractivity (Wildman–Crippen MR) is 74.2 cm³/mol. The zero-order valence-corrected chi connectivity index (χ0v) is 11.6. The van der Waals surface area contributed by atoms with E-state index in [1.165, 1.54) is 0 Å². The van der Waals surface area contributed by atoms with Gasteiger partial charge in [0.25, 0.3) is 0 Å². The Morgan fingerprint density at radius 3 is 2.81 bits per heavy atom. The van der Waals surface area contributed by atoms with Gasteiger partial charge in [0, 0.05) is 12.0 Å². The zero-order chi connectivity index (χ0) is 14.2. The lowest BCUT2D eigenvalue weighted by Crippen LogP contribution is -2.22. The molecule has 6 nitrogen and oxygen atoms in total. The van der Waals surface area contributed by atoms with Gasteiger partial charge in [0.2, 0.25) is 11.7 Å². The zero-order valence-electron chi connectivity index (χ0n) is 11.6. The molecule has 21 heavy (non-hydrogen) atoms. The van der Waals surface area contributed by atoms with Gasteiger partial charge in [0.15, 0.2) is 17.6 Å². The Kier molecular flexibility index (Phi) is 3.03. The summed E-state index contributed by atoms with van der Waals surface area (Å²) in [5, 5.41) is 4.05. The van der Waals surface area contributed by atoms with E-state index in [9.17, 15) is 0 Å². The molecule has 2 heterocycles. The van der Waals surface area contributed by atoms with Crippen molar-refractivity contribution < 1.29 is 14.0 Å². The average Bonchev–Trinajstić information content (AvgIpc) is 3.15. The molecule has 0 radical (unpaired) electrons. The van der Waals surface area contributed by atoms with Gasteiger partial charge in [-0.3, -0.25) is 0 Å². The Bertz CT molecular complexity index is 643.